The lowest BCUT2D eigenvalue weighted by atomic mass is 10.0. The van der Waals surface area contributed by atoms with Crippen LogP contribution in [0.15, 0.2) is 53.1 Å². The van der Waals surface area contributed by atoms with Crippen LogP contribution in [0.1, 0.15) is 52.9 Å². The Kier molecular flexibility index (Phi) is 6.85. The van der Waals surface area contributed by atoms with Crippen molar-refractivity contribution < 1.29 is 0 Å². The summed E-state index contributed by atoms with van der Waals surface area (Å²) in [6.07, 6.45) is 13.1. The van der Waals surface area contributed by atoms with Crippen molar-refractivity contribution >= 4 is 5.84 Å². The van der Waals surface area contributed by atoms with Crippen molar-refractivity contribution in [3.05, 3.63) is 48.1 Å². The number of hydrogen-bond acceptors (Lipinski definition) is 3. The molecule has 1 aliphatic rings. The molecule has 0 spiro atoms. The van der Waals surface area contributed by atoms with Gasteiger partial charge in [0.15, 0.2) is 0 Å². The molecule has 1 heterocycles. The SMILES string of the molecule is C=C(CCCC)N1C=CN=C(N)C1=C(CC)CC=CC. The predicted molar refractivity (Wildman–Crippen MR) is 88.0 cm³/mol. The van der Waals surface area contributed by atoms with Crippen LogP contribution in [0.4, 0.5) is 0 Å². The molecule has 3 nitrogen and oxygen atoms in total. The zero-order chi connectivity index (χ0) is 15.0. The molecule has 0 fully saturated rings. The first-order chi connectivity index (χ1) is 9.65. The van der Waals surface area contributed by atoms with Gasteiger partial charge < -0.3 is 10.6 Å². The second-order valence-electron chi connectivity index (χ2n) is 4.93. The van der Waals surface area contributed by atoms with Gasteiger partial charge >= 0.3 is 0 Å². The molecule has 0 aliphatic carbocycles. The van der Waals surface area contributed by atoms with Crippen LogP contribution in [-0.2, 0) is 0 Å². The molecule has 0 aromatic carbocycles. The second-order valence-corrected chi connectivity index (χ2v) is 4.93. The Labute approximate surface area is 123 Å². The van der Waals surface area contributed by atoms with Crippen LogP contribution in [0, 0.1) is 0 Å². The van der Waals surface area contributed by atoms with E-state index in [1.54, 1.807) is 6.20 Å². The Bertz CT molecular complexity index is 453. The highest BCUT2D eigenvalue weighted by molar-refractivity contribution is 5.98. The molecule has 1 aliphatic heterocycles. The van der Waals surface area contributed by atoms with Crippen molar-refractivity contribution in [3.8, 4) is 0 Å². The first kappa shape index (κ1) is 16.3. The molecule has 0 aromatic heterocycles. The van der Waals surface area contributed by atoms with Gasteiger partial charge in [0.1, 0.15) is 5.84 Å². The molecule has 20 heavy (non-hydrogen) atoms. The van der Waals surface area contributed by atoms with Crippen molar-refractivity contribution in [3.63, 3.8) is 0 Å². The number of hydrogen-bond donors (Lipinski definition) is 1. The lowest BCUT2D eigenvalue weighted by molar-refractivity contribution is 0.540. The minimum absolute atomic E-state index is 0.589. The Morgan fingerprint density at radius 1 is 1.45 bits per heavy atom. The molecule has 110 valence electrons. The molecule has 0 unspecified atom stereocenters. The average molecular weight is 273 g/mol. The first-order valence-corrected chi connectivity index (χ1v) is 7.46. The molecular weight excluding hydrogens is 246 g/mol. The first-order valence-electron chi connectivity index (χ1n) is 7.46. The van der Waals surface area contributed by atoms with E-state index in [1.165, 1.54) is 12.0 Å². The van der Waals surface area contributed by atoms with E-state index in [9.17, 15) is 0 Å². The van der Waals surface area contributed by atoms with Gasteiger partial charge in [0.25, 0.3) is 0 Å². The number of unbranched alkanes of at least 4 members (excludes halogenated alkanes) is 1. The highest BCUT2D eigenvalue weighted by Gasteiger charge is 2.19. The fourth-order valence-electron chi connectivity index (χ4n) is 2.22. The summed E-state index contributed by atoms with van der Waals surface area (Å²) in [7, 11) is 0. The van der Waals surface area contributed by atoms with Crippen LogP contribution in [0.3, 0.4) is 0 Å². The maximum absolute atomic E-state index is 6.12. The predicted octanol–water partition coefficient (Wildman–Crippen LogP) is 4.46. The smallest absolute Gasteiger partial charge is 0.147 e. The van der Waals surface area contributed by atoms with E-state index < -0.39 is 0 Å². The highest BCUT2D eigenvalue weighted by atomic mass is 15.2. The molecular formula is C17H27N3. The molecule has 3 heteroatoms. The lowest BCUT2D eigenvalue weighted by Gasteiger charge is -2.29. The molecule has 0 atom stereocenters. The van der Waals surface area contributed by atoms with E-state index >= 15 is 0 Å². The molecule has 1 rings (SSSR count). The van der Waals surface area contributed by atoms with Gasteiger partial charge in [-0.2, -0.15) is 0 Å². The normalized spacial score (nSPS) is 17.6. The summed E-state index contributed by atoms with van der Waals surface area (Å²) >= 11 is 0. The van der Waals surface area contributed by atoms with E-state index in [0.717, 1.165) is 37.1 Å². The lowest BCUT2D eigenvalue weighted by Crippen LogP contribution is -2.31. The van der Waals surface area contributed by atoms with Crippen LogP contribution in [0.2, 0.25) is 0 Å². The summed E-state index contributed by atoms with van der Waals surface area (Å²) in [6.45, 7) is 10.6. The third-order valence-corrected chi connectivity index (χ3v) is 3.43. The van der Waals surface area contributed by atoms with E-state index in [4.69, 9.17) is 5.73 Å². The molecule has 0 aromatic rings. The Hall–Kier alpha value is -1.77. The van der Waals surface area contributed by atoms with Gasteiger partial charge in [-0.25, -0.2) is 4.99 Å². The topological polar surface area (TPSA) is 41.6 Å². The Balaban J connectivity index is 3.07. The number of allylic oxidation sites excluding steroid dienone is 4. The number of rotatable bonds is 7. The molecule has 0 amide bonds. The average Bonchev–Trinajstić information content (AvgIpc) is 2.46. The van der Waals surface area contributed by atoms with Gasteiger partial charge in [0.2, 0.25) is 0 Å². The highest BCUT2D eigenvalue weighted by Crippen LogP contribution is 2.26. The van der Waals surface area contributed by atoms with Gasteiger partial charge in [0.05, 0.1) is 5.70 Å². The van der Waals surface area contributed by atoms with Crippen LogP contribution in [-0.4, -0.2) is 10.7 Å². The minimum Gasteiger partial charge on any atom is -0.382 e. The molecule has 0 saturated heterocycles. The Morgan fingerprint density at radius 3 is 2.80 bits per heavy atom. The minimum atomic E-state index is 0.589. The number of nitrogens with zero attached hydrogens (tertiary/aromatic N) is 2. The quantitative estimate of drug-likeness (QED) is 0.696. The van der Waals surface area contributed by atoms with Crippen LogP contribution in [0.5, 0.6) is 0 Å². The van der Waals surface area contributed by atoms with Gasteiger partial charge in [-0.1, -0.05) is 39.0 Å². The standard InChI is InChI=1S/C17H27N3/c1-5-8-10-14(4)20-13-12-19-17(18)16(20)15(7-3)11-9-6-2/h6,9,12-13H,4-5,7-8,10-11H2,1-3H3,(H2,18,19). The van der Waals surface area contributed by atoms with Crippen LogP contribution in [0.25, 0.3) is 0 Å². The van der Waals surface area contributed by atoms with Crippen LogP contribution >= 0.6 is 0 Å². The van der Waals surface area contributed by atoms with Gasteiger partial charge in [0, 0.05) is 18.1 Å². The van der Waals surface area contributed by atoms with Gasteiger partial charge in [-0.15, -0.1) is 0 Å². The zero-order valence-electron chi connectivity index (χ0n) is 13.0. The van der Waals surface area contributed by atoms with Crippen molar-refractivity contribution in [2.45, 2.75) is 52.9 Å². The number of aliphatic imine (C=N–C) groups is 1. The fourth-order valence-corrected chi connectivity index (χ4v) is 2.22. The van der Waals surface area contributed by atoms with Crippen molar-refractivity contribution in [1.29, 1.82) is 0 Å². The summed E-state index contributed by atoms with van der Waals surface area (Å²) in [5.41, 5.74) is 9.52. The van der Waals surface area contributed by atoms with Gasteiger partial charge in [-0.3, -0.25) is 0 Å². The van der Waals surface area contributed by atoms with Gasteiger partial charge in [-0.05, 0) is 38.2 Å². The molecule has 2 N–H and O–H groups in total. The monoisotopic (exact) mass is 273 g/mol. The third-order valence-electron chi connectivity index (χ3n) is 3.43. The summed E-state index contributed by atoms with van der Waals surface area (Å²) in [5, 5.41) is 0. The summed E-state index contributed by atoms with van der Waals surface area (Å²) < 4.78 is 0. The summed E-state index contributed by atoms with van der Waals surface area (Å²) in [5.74, 6) is 0.589. The van der Waals surface area contributed by atoms with E-state index in [0.29, 0.717) is 5.84 Å². The maximum atomic E-state index is 6.12. The van der Waals surface area contributed by atoms with Crippen molar-refractivity contribution in [2.75, 3.05) is 0 Å². The van der Waals surface area contributed by atoms with E-state index in [2.05, 4.69) is 42.5 Å². The number of nitrogens with two attached hydrogens (primary N) is 1. The summed E-state index contributed by atoms with van der Waals surface area (Å²) in [4.78, 5) is 6.36. The van der Waals surface area contributed by atoms with Crippen molar-refractivity contribution in [2.24, 2.45) is 10.7 Å². The van der Waals surface area contributed by atoms with E-state index in [1.807, 2.05) is 13.1 Å². The second kappa shape index (κ2) is 8.41. The Morgan fingerprint density at radius 2 is 2.20 bits per heavy atom. The van der Waals surface area contributed by atoms with E-state index in [-0.39, 0.29) is 0 Å². The van der Waals surface area contributed by atoms with Crippen molar-refractivity contribution in [1.82, 2.24) is 4.90 Å². The largest absolute Gasteiger partial charge is 0.382 e. The number of amidine groups is 1. The molecule has 0 bridgehead atoms. The fraction of sp³-hybridized carbons (Fsp3) is 0.471. The summed E-state index contributed by atoms with van der Waals surface area (Å²) in [6, 6.07) is 0. The van der Waals surface area contributed by atoms with Crippen LogP contribution < -0.4 is 5.73 Å². The molecule has 0 saturated carbocycles. The third kappa shape index (κ3) is 4.12. The maximum Gasteiger partial charge on any atom is 0.147 e. The molecule has 0 radical (unpaired) electrons. The zero-order valence-corrected chi connectivity index (χ0v) is 13.0.